The summed E-state index contributed by atoms with van der Waals surface area (Å²) in [6.07, 6.45) is 48.2. The molecule has 0 spiro atoms. The molecule has 0 aliphatic carbocycles. The number of likely N-dealkylation sites (N-methyl/N-ethyl adjacent to an activating group) is 1. The molecule has 328 valence electrons. The lowest BCUT2D eigenvalue weighted by molar-refractivity contribution is -0.889. The highest BCUT2D eigenvalue weighted by atomic mass is 16.6. The van der Waals surface area contributed by atoms with E-state index in [0.717, 1.165) is 57.8 Å². The Balaban J connectivity index is 4.45. The van der Waals surface area contributed by atoms with Crippen LogP contribution in [0, 0.1) is 0 Å². The fourth-order valence-electron chi connectivity index (χ4n) is 6.29. The number of nitrogens with zero attached hydrogens (tertiary/aromatic N) is 1. The van der Waals surface area contributed by atoms with Crippen LogP contribution in [-0.2, 0) is 28.6 Å². The number of rotatable bonds is 40. The van der Waals surface area contributed by atoms with Gasteiger partial charge in [0.25, 0.3) is 0 Å². The molecule has 0 amide bonds. The van der Waals surface area contributed by atoms with Gasteiger partial charge in [0, 0.05) is 19.3 Å². The lowest BCUT2D eigenvalue weighted by Gasteiger charge is -2.34. The number of unbranched alkanes of at least 4 members (excludes halogenated alkanes) is 16. The van der Waals surface area contributed by atoms with Gasteiger partial charge in [-0.3, -0.25) is 9.59 Å². The molecule has 0 aliphatic rings. The maximum Gasteiger partial charge on any atom is 0.306 e. The van der Waals surface area contributed by atoms with E-state index in [1.54, 1.807) is 21.1 Å². The summed E-state index contributed by atoms with van der Waals surface area (Å²) in [5.74, 6) is -1.82. The third-order valence-corrected chi connectivity index (χ3v) is 9.88. The summed E-state index contributed by atoms with van der Waals surface area (Å²) in [5.41, 5.74) is 0. The van der Waals surface area contributed by atoms with Crippen LogP contribution in [-0.4, -0.2) is 75.5 Å². The molecule has 57 heavy (non-hydrogen) atoms. The second kappa shape index (κ2) is 39.8. The zero-order valence-electron chi connectivity index (χ0n) is 37.2. The topological polar surface area (TPSA) is 102 Å². The number of esters is 2. The Bertz CT molecular complexity index is 1120. The number of carboxylic acid groups (broad SMARTS) is 1. The number of carbonyl (C=O) groups is 3. The second-order valence-electron chi connectivity index (χ2n) is 16.3. The lowest BCUT2D eigenvalue weighted by atomic mass is 10.1. The molecule has 0 bridgehead atoms. The van der Waals surface area contributed by atoms with E-state index in [2.05, 4.69) is 74.6 Å². The SMILES string of the molecule is CCCCC/C=C/C/C=C/C/C=C/C/C=C/CCCC(=O)OC(COCCC(C(=O)[O-])[N+](C)(C)C)COC(=O)CCCCCCC/C=C/CCCCCCCCC. The monoisotopic (exact) mass is 800 g/mol. The quantitative estimate of drug-likeness (QED) is 0.0263. The second-order valence-corrected chi connectivity index (χ2v) is 16.3. The Kier molecular flexibility index (Phi) is 37.8. The number of hydrogen-bond acceptors (Lipinski definition) is 7. The maximum absolute atomic E-state index is 12.7. The van der Waals surface area contributed by atoms with Crippen LogP contribution < -0.4 is 5.11 Å². The molecule has 0 fully saturated rings. The fourth-order valence-corrected chi connectivity index (χ4v) is 6.29. The molecular formula is C49H85NO7. The van der Waals surface area contributed by atoms with Crippen LogP contribution in [0.25, 0.3) is 0 Å². The van der Waals surface area contributed by atoms with Gasteiger partial charge in [0.1, 0.15) is 12.6 Å². The van der Waals surface area contributed by atoms with Gasteiger partial charge < -0.3 is 28.6 Å². The number of allylic oxidation sites excluding steroid dienone is 10. The van der Waals surface area contributed by atoms with Crippen molar-refractivity contribution in [2.24, 2.45) is 0 Å². The third kappa shape index (κ3) is 38.3. The molecule has 2 atom stereocenters. The first-order valence-electron chi connectivity index (χ1n) is 22.8. The summed E-state index contributed by atoms with van der Waals surface area (Å²) in [6, 6.07) is -0.738. The van der Waals surface area contributed by atoms with Gasteiger partial charge in [-0.05, 0) is 77.0 Å². The van der Waals surface area contributed by atoms with Gasteiger partial charge in [0.05, 0.1) is 40.3 Å². The number of carboxylic acids is 1. The summed E-state index contributed by atoms with van der Waals surface area (Å²) in [5, 5.41) is 11.6. The van der Waals surface area contributed by atoms with E-state index in [9.17, 15) is 19.5 Å². The number of quaternary nitrogens is 1. The molecule has 0 heterocycles. The summed E-state index contributed by atoms with van der Waals surface area (Å²) in [4.78, 5) is 36.9. The van der Waals surface area contributed by atoms with Gasteiger partial charge >= 0.3 is 11.9 Å². The van der Waals surface area contributed by atoms with E-state index >= 15 is 0 Å². The molecule has 0 aromatic rings. The van der Waals surface area contributed by atoms with Gasteiger partial charge in [-0.15, -0.1) is 0 Å². The van der Waals surface area contributed by atoms with Crippen LogP contribution in [0.1, 0.15) is 181 Å². The molecule has 8 nitrogen and oxygen atoms in total. The average Bonchev–Trinajstić information content (AvgIpc) is 3.17. The van der Waals surface area contributed by atoms with Crippen LogP contribution in [0.3, 0.4) is 0 Å². The maximum atomic E-state index is 12.7. The van der Waals surface area contributed by atoms with Crippen LogP contribution in [0.15, 0.2) is 60.8 Å². The highest BCUT2D eigenvalue weighted by Gasteiger charge is 2.25. The van der Waals surface area contributed by atoms with Crippen LogP contribution >= 0.6 is 0 Å². The largest absolute Gasteiger partial charge is 0.544 e. The summed E-state index contributed by atoms with van der Waals surface area (Å²) in [7, 11) is 5.38. The van der Waals surface area contributed by atoms with E-state index in [1.165, 1.54) is 83.5 Å². The van der Waals surface area contributed by atoms with Gasteiger partial charge in [-0.25, -0.2) is 0 Å². The fraction of sp³-hybridized carbons (Fsp3) is 0.735. The first-order valence-corrected chi connectivity index (χ1v) is 22.8. The highest BCUT2D eigenvalue weighted by molar-refractivity contribution is 5.70. The first-order chi connectivity index (χ1) is 27.6. The van der Waals surface area contributed by atoms with Crippen molar-refractivity contribution in [2.75, 3.05) is 41.0 Å². The molecule has 0 saturated carbocycles. The Morgan fingerprint density at radius 1 is 0.526 bits per heavy atom. The van der Waals surface area contributed by atoms with Crippen molar-refractivity contribution in [1.82, 2.24) is 0 Å². The van der Waals surface area contributed by atoms with Gasteiger partial charge in [-0.1, -0.05) is 145 Å². The average molecular weight is 800 g/mol. The zero-order chi connectivity index (χ0) is 42.1. The molecule has 8 heteroatoms. The predicted octanol–water partition coefficient (Wildman–Crippen LogP) is 11.2. The van der Waals surface area contributed by atoms with E-state index in [0.29, 0.717) is 12.8 Å². The lowest BCUT2D eigenvalue weighted by Crippen LogP contribution is -2.55. The molecule has 0 radical (unpaired) electrons. The van der Waals surface area contributed by atoms with Crippen LogP contribution in [0.4, 0.5) is 0 Å². The van der Waals surface area contributed by atoms with Crippen molar-refractivity contribution in [2.45, 2.75) is 193 Å². The van der Waals surface area contributed by atoms with Gasteiger partial charge in [0.15, 0.2) is 6.10 Å². The number of ether oxygens (including phenoxy) is 3. The minimum atomic E-state index is -1.14. The van der Waals surface area contributed by atoms with E-state index in [1.807, 2.05) is 0 Å². The zero-order valence-corrected chi connectivity index (χ0v) is 37.2. The predicted molar refractivity (Wildman–Crippen MR) is 236 cm³/mol. The molecule has 2 unspecified atom stereocenters. The van der Waals surface area contributed by atoms with Crippen molar-refractivity contribution < 1.29 is 38.2 Å². The number of hydrogen-bond donors (Lipinski definition) is 0. The van der Waals surface area contributed by atoms with E-state index in [4.69, 9.17) is 14.2 Å². The Morgan fingerprint density at radius 2 is 0.947 bits per heavy atom. The highest BCUT2D eigenvalue weighted by Crippen LogP contribution is 2.13. The Labute approximate surface area is 349 Å². The van der Waals surface area contributed by atoms with E-state index < -0.39 is 18.1 Å². The van der Waals surface area contributed by atoms with Crippen molar-refractivity contribution in [1.29, 1.82) is 0 Å². The standard InChI is InChI=1S/C49H85NO7/c1-6-8-10-12-14-16-18-20-22-24-26-28-30-32-34-36-38-40-48(52)57-45(43-55-42-41-46(49(53)54)50(3,4)5)44-56-47(51)39-37-35-33-31-29-27-25-23-21-19-17-15-13-11-9-7-2/h14,16,20,22-23,25-26,28,32,34,45-46H,6-13,15,17-19,21,24,27,29-31,33,35-44H2,1-5H3/b16-14+,22-20+,25-23+,28-26+,34-32+. The van der Waals surface area contributed by atoms with Crippen LogP contribution in [0.2, 0.25) is 0 Å². The minimum absolute atomic E-state index is 0.0145. The van der Waals surface area contributed by atoms with Gasteiger partial charge in [0.2, 0.25) is 0 Å². The number of carbonyl (C=O) groups excluding carboxylic acids is 3. The van der Waals surface area contributed by atoms with Crippen molar-refractivity contribution in [3.05, 3.63) is 60.8 Å². The van der Waals surface area contributed by atoms with Crippen molar-refractivity contribution in [3.8, 4) is 0 Å². The van der Waals surface area contributed by atoms with Crippen molar-refractivity contribution in [3.63, 3.8) is 0 Å². The van der Waals surface area contributed by atoms with Gasteiger partial charge in [-0.2, -0.15) is 0 Å². The third-order valence-electron chi connectivity index (χ3n) is 9.88. The molecule has 0 saturated heterocycles. The molecular weight excluding hydrogens is 715 g/mol. The first kappa shape index (κ1) is 54.0. The van der Waals surface area contributed by atoms with E-state index in [-0.39, 0.29) is 49.1 Å². The Hall–Kier alpha value is -2.97. The smallest absolute Gasteiger partial charge is 0.306 e. The molecule has 0 aromatic heterocycles. The molecule has 0 rings (SSSR count). The summed E-state index contributed by atoms with van der Waals surface area (Å²) < 4.78 is 17.1. The van der Waals surface area contributed by atoms with Crippen LogP contribution in [0.5, 0.6) is 0 Å². The molecule has 0 N–H and O–H groups in total. The molecule has 0 aromatic carbocycles. The van der Waals surface area contributed by atoms with Crippen molar-refractivity contribution >= 4 is 17.9 Å². The normalized spacial score (nSPS) is 13.5. The minimum Gasteiger partial charge on any atom is -0.544 e. The Morgan fingerprint density at radius 3 is 1.47 bits per heavy atom. The summed E-state index contributed by atoms with van der Waals surface area (Å²) in [6.45, 7) is 4.56. The summed E-state index contributed by atoms with van der Waals surface area (Å²) >= 11 is 0. The number of aliphatic carboxylic acids is 1. The molecule has 0 aliphatic heterocycles.